The molecule has 0 aromatic carbocycles. The topological polar surface area (TPSA) is 83.6 Å². The highest BCUT2D eigenvalue weighted by Gasteiger charge is 2.08. The molecule has 6 nitrogen and oxygen atoms in total. The minimum atomic E-state index is -0.266. The Hall–Kier alpha value is -2.47. The fourth-order valence-corrected chi connectivity index (χ4v) is 2.23. The number of rotatable bonds is 4. The van der Waals surface area contributed by atoms with Gasteiger partial charge in [-0.2, -0.15) is 0 Å². The summed E-state index contributed by atoms with van der Waals surface area (Å²) >= 11 is 5.66. The van der Waals surface area contributed by atoms with Crippen LogP contribution in [0.2, 0.25) is 5.28 Å². The van der Waals surface area contributed by atoms with Gasteiger partial charge in [0.15, 0.2) is 0 Å². The lowest BCUT2D eigenvalue weighted by Crippen LogP contribution is -2.26. The number of carbonyl (C=O) groups is 1. The van der Waals surface area contributed by atoms with Gasteiger partial charge in [0.1, 0.15) is 11.3 Å². The third-order valence-electron chi connectivity index (χ3n) is 3.08. The number of nitrogens with zero attached hydrogens (tertiary/aromatic N) is 3. The summed E-state index contributed by atoms with van der Waals surface area (Å²) in [6.07, 6.45) is 5.81. The van der Waals surface area contributed by atoms with Crippen molar-refractivity contribution < 1.29 is 4.79 Å². The first-order valence-electron chi connectivity index (χ1n) is 6.42. The van der Waals surface area contributed by atoms with Gasteiger partial charge in [0.25, 0.3) is 5.91 Å². The Labute approximate surface area is 125 Å². The Morgan fingerprint density at radius 1 is 1.29 bits per heavy atom. The van der Waals surface area contributed by atoms with Crippen molar-refractivity contribution in [2.45, 2.75) is 6.42 Å². The fourth-order valence-electron chi connectivity index (χ4n) is 2.08. The summed E-state index contributed by atoms with van der Waals surface area (Å²) in [7, 11) is 0. The molecule has 0 saturated carbocycles. The van der Waals surface area contributed by atoms with Crippen molar-refractivity contribution in [3.05, 3.63) is 53.3 Å². The van der Waals surface area contributed by atoms with Crippen LogP contribution < -0.4 is 5.32 Å². The predicted octanol–water partition coefficient (Wildman–Crippen LogP) is 1.98. The van der Waals surface area contributed by atoms with Crippen molar-refractivity contribution in [1.82, 2.24) is 25.3 Å². The van der Waals surface area contributed by atoms with Crippen LogP contribution in [-0.2, 0) is 6.42 Å². The largest absolute Gasteiger partial charge is 0.350 e. The monoisotopic (exact) mass is 301 g/mol. The molecule has 0 aliphatic rings. The van der Waals surface area contributed by atoms with Crippen LogP contribution in [0.4, 0.5) is 0 Å². The average Bonchev–Trinajstić information content (AvgIpc) is 2.91. The van der Waals surface area contributed by atoms with Gasteiger partial charge in [-0.3, -0.25) is 4.79 Å². The number of hydrogen-bond donors (Lipinski definition) is 2. The fraction of sp³-hybridized carbons (Fsp3) is 0.143. The molecule has 3 rings (SSSR count). The zero-order chi connectivity index (χ0) is 14.7. The van der Waals surface area contributed by atoms with E-state index in [9.17, 15) is 4.79 Å². The van der Waals surface area contributed by atoms with Crippen LogP contribution in [0, 0.1) is 0 Å². The van der Waals surface area contributed by atoms with E-state index < -0.39 is 0 Å². The molecule has 0 fully saturated rings. The van der Waals surface area contributed by atoms with Crippen LogP contribution in [0.15, 0.2) is 36.8 Å². The molecule has 0 bridgehead atoms. The van der Waals surface area contributed by atoms with E-state index >= 15 is 0 Å². The lowest BCUT2D eigenvalue weighted by atomic mass is 10.1. The van der Waals surface area contributed by atoms with Crippen LogP contribution in [0.25, 0.3) is 11.0 Å². The van der Waals surface area contributed by atoms with Crippen molar-refractivity contribution in [1.29, 1.82) is 0 Å². The molecule has 0 saturated heterocycles. The molecule has 2 N–H and O–H groups in total. The third-order valence-corrected chi connectivity index (χ3v) is 3.26. The Balaban J connectivity index is 1.62. The second-order valence-electron chi connectivity index (χ2n) is 4.43. The van der Waals surface area contributed by atoms with Crippen molar-refractivity contribution in [2.75, 3.05) is 6.54 Å². The molecule has 0 radical (unpaired) electrons. The zero-order valence-corrected chi connectivity index (χ0v) is 11.8. The standard InChI is InChI=1S/C14H12ClN5O/c15-14-18-7-4-11(20-14)13(21)17-6-3-9-8-19-12-10(9)2-1-5-16-12/h1-2,4-5,7-8H,3,6H2,(H,16,19)(H,17,21). The minimum Gasteiger partial charge on any atom is -0.350 e. The second-order valence-corrected chi connectivity index (χ2v) is 4.77. The number of halogens is 1. The van der Waals surface area contributed by atoms with Crippen LogP contribution in [0.1, 0.15) is 16.1 Å². The molecular formula is C14H12ClN5O. The summed E-state index contributed by atoms with van der Waals surface area (Å²) in [4.78, 5) is 26.8. The molecule has 3 aromatic rings. The Morgan fingerprint density at radius 3 is 3.05 bits per heavy atom. The summed E-state index contributed by atoms with van der Waals surface area (Å²) < 4.78 is 0. The van der Waals surface area contributed by atoms with E-state index in [1.807, 2.05) is 18.3 Å². The molecule has 0 spiro atoms. The lowest BCUT2D eigenvalue weighted by Gasteiger charge is -2.04. The smallest absolute Gasteiger partial charge is 0.270 e. The average molecular weight is 302 g/mol. The highest BCUT2D eigenvalue weighted by atomic mass is 35.5. The van der Waals surface area contributed by atoms with E-state index in [1.165, 1.54) is 12.3 Å². The second kappa shape index (κ2) is 5.88. The van der Waals surface area contributed by atoms with Gasteiger partial charge in [0.05, 0.1) is 0 Å². The molecule has 0 unspecified atom stereocenters. The molecule has 0 atom stereocenters. The van der Waals surface area contributed by atoms with Gasteiger partial charge in [-0.15, -0.1) is 0 Å². The normalized spacial score (nSPS) is 10.7. The van der Waals surface area contributed by atoms with E-state index in [-0.39, 0.29) is 16.9 Å². The Morgan fingerprint density at radius 2 is 2.19 bits per heavy atom. The predicted molar refractivity (Wildman–Crippen MR) is 79.2 cm³/mol. The number of aromatic nitrogens is 4. The van der Waals surface area contributed by atoms with E-state index in [0.717, 1.165) is 16.6 Å². The number of nitrogens with one attached hydrogen (secondary N) is 2. The quantitative estimate of drug-likeness (QED) is 0.722. The van der Waals surface area contributed by atoms with E-state index in [4.69, 9.17) is 11.6 Å². The van der Waals surface area contributed by atoms with E-state index in [1.54, 1.807) is 6.20 Å². The summed E-state index contributed by atoms with van der Waals surface area (Å²) in [6, 6.07) is 5.41. The maximum atomic E-state index is 11.9. The van der Waals surface area contributed by atoms with Crippen molar-refractivity contribution >= 4 is 28.5 Å². The summed E-state index contributed by atoms with van der Waals surface area (Å²) in [5.74, 6) is -0.266. The number of amides is 1. The maximum absolute atomic E-state index is 11.9. The van der Waals surface area contributed by atoms with Gasteiger partial charge in [-0.1, -0.05) is 0 Å². The number of aromatic amines is 1. The first-order chi connectivity index (χ1) is 10.2. The van der Waals surface area contributed by atoms with Crippen molar-refractivity contribution in [3.8, 4) is 0 Å². The van der Waals surface area contributed by atoms with Gasteiger partial charge in [-0.25, -0.2) is 15.0 Å². The maximum Gasteiger partial charge on any atom is 0.270 e. The molecule has 1 amide bonds. The molecule has 106 valence electrons. The molecule has 0 aliphatic carbocycles. The summed E-state index contributed by atoms with van der Waals surface area (Å²) in [5, 5.41) is 3.93. The van der Waals surface area contributed by atoms with E-state index in [2.05, 4.69) is 25.3 Å². The summed E-state index contributed by atoms with van der Waals surface area (Å²) in [6.45, 7) is 0.502. The van der Waals surface area contributed by atoms with Gasteiger partial charge in [0, 0.05) is 30.5 Å². The highest BCUT2D eigenvalue weighted by Crippen LogP contribution is 2.15. The number of pyridine rings is 1. The first kappa shape index (κ1) is 13.5. The zero-order valence-electron chi connectivity index (χ0n) is 11.0. The number of hydrogen-bond acceptors (Lipinski definition) is 4. The SMILES string of the molecule is O=C(NCCc1c[nH]c2ncccc12)c1ccnc(Cl)n1. The molecular weight excluding hydrogens is 290 g/mol. The number of carbonyl (C=O) groups excluding carboxylic acids is 1. The number of fused-ring (bicyclic) bond motifs is 1. The van der Waals surface area contributed by atoms with E-state index in [0.29, 0.717) is 13.0 Å². The van der Waals surface area contributed by atoms with Crippen molar-refractivity contribution in [2.24, 2.45) is 0 Å². The number of H-pyrrole nitrogens is 1. The molecule has 3 heterocycles. The summed E-state index contributed by atoms with van der Waals surface area (Å²) in [5.41, 5.74) is 2.22. The van der Waals surface area contributed by atoms with Gasteiger partial charge >= 0.3 is 0 Å². The highest BCUT2D eigenvalue weighted by molar-refractivity contribution is 6.28. The molecule has 3 aromatic heterocycles. The molecule has 0 aliphatic heterocycles. The molecule has 7 heteroatoms. The van der Waals surface area contributed by atoms with Crippen molar-refractivity contribution in [3.63, 3.8) is 0 Å². The Bertz CT molecular complexity index is 786. The van der Waals surface area contributed by atoms with Gasteiger partial charge in [0.2, 0.25) is 5.28 Å². The Kier molecular flexibility index (Phi) is 3.79. The van der Waals surface area contributed by atoms with Crippen LogP contribution in [-0.4, -0.2) is 32.4 Å². The van der Waals surface area contributed by atoms with Crippen LogP contribution in [0.3, 0.4) is 0 Å². The first-order valence-corrected chi connectivity index (χ1v) is 6.79. The van der Waals surface area contributed by atoms with Crippen LogP contribution in [0.5, 0.6) is 0 Å². The van der Waals surface area contributed by atoms with Gasteiger partial charge in [-0.05, 0) is 41.8 Å². The lowest BCUT2D eigenvalue weighted by molar-refractivity contribution is 0.0949. The van der Waals surface area contributed by atoms with Crippen LogP contribution >= 0.6 is 11.6 Å². The minimum absolute atomic E-state index is 0.0605. The van der Waals surface area contributed by atoms with Gasteiger partial charge < -0.3 is 10.3 Å². The molecule has 21 heavy (non-hydrogen) atoms. The third kappa shape index (κ3) is 3.00.